The van der Waals surface area contributed by atoms with Gasteiger partial charge in [-0.2, -0.15) is 13.2 Å². The predicted molar refractivity (Wildman–Crippen MR) is 88.1 cm³/mol. The van der Waals surface area contributed by atoms with Crippen LogP contribution in [0.15, 0.2) is 24.3 Å². The molecule has 24 heavy (non-hydrogen) atoms. The second-order valence-corrected chi connectivity index (χ2v) is 5.80. The predicted octanol–water partition coefficient (Wildman–Crippen LogP) is 2.77. The number of aryl methyl sites for hydroxylation is 1. The van der Waals surface area contributed by atoms with Gasteiger partial charge in [-0.15, -0.1) is 17.5 Å². The number of piperazine rings is 1. The lowest BCUT2D eigenvalue weighted by molar-refractivity contribution is -0.252. The van der Waals surface area contributed by atoms with Crippen molar-refractivity contribution in [2.45, 2.75) is 25.7 Å². The van der Waals surface area contributed by atoms with Crippen LogP contribution >= 0.6 is 12.4 Å². The van der Waals surface area contributed by atoms with Gasteiger partial charge in [0.05, 0.1) is 5.52 Å². The number of halogens is 4. The van der Waals surface area contributed by atoms with Gasteiger partial charge in [0, 0.05) is 32.7 Å². The summed E-state index contributed by atoms with van der Waals surface area (Å²) in [4.78, 5) is 2.69. The van der Waals surface area contributed by atoms with E-state index in [4.69, 9.17) is 0 Å². The van der Waals surface area contributed by atoms with Gasteiger partial charge in [0.25, 0.3) is 0 Å². The van der Waals surface area contributed by atoms with Crippen LogP contribution in [0.3, 0.4) is 0 Å². The number of nitrogens with zero attached hydrogens (tertiary/aromatic N) is 5. The third-order valence-electron chi connectivity index (χ3n) is 4.25. The second kappa shape index (κ2) is 8.13. The maximum Gasteiger partial charge on any atom is 0.460 e. The number of fused-ring (bicyclic) bond motifs is 1. The number of aromatic nitrogens is 3. The third kappa shape index (κ3) is 4.58. The summed E-state index contributed by atoms with van der Waals surface area (Å²) >= 11 is 0. The molecule has 0 radical (unpaired) electrons. The lowest BCUT2D eigenvalue weighted by Crippen LogP contribution is -2.51. The number of para-hydroxylation sites is 1. The minimum atomic E-state index is -4.19. The van der Waals surface area contributed by atoms with Crippen molar-refractivity contribution >= 4 is 23.4 Å². The molecule has 0 spiro atoms. The van der Waals surface area contributed by atoms with Crippen LogP contribution in [0.25, 0.3) is 11.0 Å². The van der Waals surface area contributed by atoms with Crippen molar-refractivity contribution in [2.24, 2.45) is 0 Å². The second-order valence-electron chi connectivity index (χ2n) is 5.80. The van der Waals surface area contributed by atoms with Crippen LogP contribution in [0.2, 0.25) is 0 Å². The Kier molecular flexibility index (Phi) is 6.42. The van der Waals surface area contributed by atoms with Gasteiger partial charge in [0.2, 0.25) is 0 Å². The van der Waals surface area contributed by atoms with Gasteiger partial charge in [-0.1, -0.05) is 17.3 Å². The molecular weight excluding hydrogens is 343 g/mol. The zero-order valence-electron chi connectivity index (χ0n) is 13.2. The fourth-order valence-corrected chi connectivity index (χ4v) is 2.90. The van der Waals surface area contributed by atoms with Crippen molar-refractivity contribution in [1.82, 2.24) is 24.8 Å². The van der Waals surface area contributed by atoms with Gasteiger partial charge in [0.15, 0.2) is 0 Å². The summed E-state index contributed by atoms with van der Waals surface area (Å²) in [5, 5.41) is 8.25. The maximum atomic E-state index is 12.6. The molecule has 1 saturated heterocycles. The number of hydrogen-bond acceptors (Lipinski definition) is 4. The fourth-order valence-electron chi connectivity index (χ4n) is 2.90. The van der Waals surface area contributed by atoms with Gasteiger partial charge in [0.1, 0.15) is 5.52 Å². The minimum Gasteiger partial charge on any atom is -0.301 e. The van der Waals surface area contributed by atoms with E-state index < -0.39 is 6.30 Å². The highest BCUT2D eigenvalue weighted by atomic mass is 35.5. The summed E-state index contributed by atoms with van der Waals surface area (Å²) in [5.41, 5.74) is 1.90. The first-order valence-electron chi connectivity index (χ1n) is 7.86. The molecule has 0 aliphatic carbocycles. The van der Waals surface area contributed by atoms with Gasteiger partial charge in [-0.25, -0.2) is 9.58 Å². The van der Waals surface area contributed by atoms with Crippen molar-refractivity contribution in [3.05, 3.63) is 24.3 Å². The molecule has 0 N–H and O–H groups in total. The lowest BCUT2D eigenvalue weighted by Gasteiger charge is -2.35. The lowest BCUT2D eigenvalue weighted by atomic mass is 10.2. The van der Waals surface area contributed by atoms with E-state index in [0.29, 0.717) is 18.0 Å². The molecule has 0 bridgehead atoms. The quantitative estimate of drug-likeness (QED) is 0.604. The molecule has 0 amide bonds. The van der Waals surface area contributed by atoms with Crippen LogP contribution < -0.4 is 0 Å². The number of hydrogen-bond donors (Lipinski definition) is 0. The summed E-state index contributed by atoms with van der Waals surface area (Å²) in [6, 6.07) is 7.81. The summed E-state index contributed by atoms with van der Waals surface area (Å²) < 4.78 is 39.5. The summed E-state index contributed by atoms with van der Waals surface area (Å²) in [6.07, 6.45) is -2.31. The standard InChI is InChI=1S/C15H20F3N5.ClH/c16-15(17,18)22-11-9-21(10-12-22)7-3-4-8-23-14-6-2-1-5-13(14)19-20-23;/h1-2,5-6H,3-4,7-12H2;1H. The molecule has 0 atom stereocenters. The van der Waals surface area contributed by atoms with E-state index in [1.807, 2.05) is 28.9 Å². The smallest absolute Gasteiger partial charge is 0.301 e. The molecule has 1 aliphatic rings. The highest BCUT2D eigenvalue weighted by Gasteiger charge is 2.38. The van der Waals surface area contributed by atoms with E-state index in [9.17, 15) is 13.2 Å². The molecule has 3 rings (SSSR count). The molecule has 5 nitrogen and oxygen atoms in total. The Labute approximate surface area is 144 Å². The highest BCUT2D eigenvalue weighted by molar-refractivity contribution is 5.85. The fraction of sp³-hybridized carbons (Fsp3) is 0.600. The first-order chi connectivity index (χ1) is 11.0. The minimum absolute atomic E-state index is 0. The van der Waals surface area contributed by atoms with E-state index >= 15 is 0 Å². The molecule has 1 aliphatic heterocycles. The van der Waals surface area contributed by atoms with Crippen LogP contribution in [0.4, 0.5) is 13.2 Å². The van der Waals surface area contributed by atoms with Gasteiger partial charge in [-0.3, -0.25) is 0 Å². The zero-order valence-corrected chi connectivity index (χ0v) is 14.1. The van der Waals surface area contributed by atoms with Crippen molar-refractivity contribution in [1.29, 1.82) is 0 Å². The molecule has 1 aromatic heterocycles. The first kappa shape index (κ1) is 19.0. The topological polar surface area (TPSA) is 37.2 Å². The Morgan fingerprint density at radius 2 is 1.62 bits per heavy atom. The van der Waals surface area contributed by atoms with Crippen molar-refractivity contribution < 1.29 is 13.2 Å². The van der Waals surface area contributed by atoms with E-state index in [1.54, 1.807) is 0 Å². The van der Waals surface area contributed by atoms with Crippen LogP contribution in [-0.2, 0) is 6.54 Å². The van der Waals surface area contributed by atoms with E-state index in [0.717, 1.165) is 37.0 Å². The largest absolute Gasteiger partial charge is 0.460 e. The average molecular weight is 364 g/mol. The highest BCUT2D eigenvalue weighted by Crippen LogP contribution is 2.22. The average Bonchev–Trinajstić information content (AvgIpc) is 2.94. The van der Waals surface area contributed by atoms with Crippen LogP contribution in [0, 0.1) is 0 Å². The van der Waals surface area contributed by atoms with E-state index in [2.05, 4.69) is 15.2 Å². The third-order valence-corrected chi connectivity index (χ3v) is 4.25. The Hall–Kier alpha value is -1.38. The van der Waals surface area contributed by atoms with Crippen LogP contribution in [-0.4, -0.2) is 63.8 Å². The molecule has 1 fully saturated rings. The number of unbranched alkanes of at least 4 members (excludes halogenated alkanes) is 1. The van der Waals surface area contributed by atoms with E-state index in [1.165, 1.54) is 0 Å². The van der Waals surface area contributed by atoms with Gasteiger partial charge < -0.3 is 4.90 Å². The van der Waals surface area contributed by atoms with E-state index in [-0.39, 0.29) is 25.5 Å². The normalized spacial score (nSPS) is 17.1. The summed E-state index contributed by atoms with van der Waals surface area (Å²) in [6.45, 7) is 2.70. The number of benzene rings is 1. The monoisotopic (exact) mass is 363 g/mol. The molecule has 0 saturated carbocycles. The number of rotatable bonds is 5. The molecule has 1 aromatic carbocycles. The molecule has 2 aromatic rings. The van der Waals surface area contributed by atoms with Crippen LogP contribution in [0.5, 0.6) is 0 Å². The molecule has 2 heterocycles. The van der Waals surface area contributed by atoms with Crippen molar-refractivity contribution in [2.75, 3.05) is 32.7 Å². The molecular formula is C15H21ClF3N5. The molecule has 134 valence electrons. The Morgan fingerprint density at radius 1 is 0.958 bits per heavy atom. The van der Waals surface area contributed by atoms with Crippen molar-refractivity contribution in [3.63, 3.8) is 0 Å². The Bertz CT molecular complexity index is 637. The molecule has 0 unspecified atom stereocenters. The Morgan fingerprint density at radius 3 is 2.33 bits per heavy atom. The van der Waals surface area contributed by atoms with Crippen LogP contribution in [0.1, 0.15) is 12.8 Å². The first-order valence-corrected chi connectivity index (χ1v) is 7.86. The maximum absolute atomic E-state index is 12.6. The SMILES string of the molecule is Cl.FC(F)(F)N1CCN(CCCCn2nnc3ccccc32)CC1. The van der Waals surface area contributed by atoms with Gasteiger partial charge in [-0.05, 0) is 31.5 Å². The summed E-state index contributed by atoms with van der Waals surface area (Å²) in [5.74, 6) is 0. The summed E-state index contributed by atoms with van der Waals surface area (Å²) in [7, 11) is 0. The van der Waals surface area contributed by atoms with Crippen molar-refractivity contribution in [3.8, 4) is 0 Å². The Balaban J connectivity index is 0.00000208. The van der Waals surface area contributed by atoms with Gasteiger partial charge >= 0.3 is 6.30 Å². The molecule has 9 heteroatoms. The zero-order chi connectivity index (χ0) is 16.3. The number of alkyl halides is 3.